The summed E-state index contributed by atoms with van der Waals surface area (Å²) >= 11 is 1.36. The number of nitrogens with zero attached hydrogens (tertiary/aromatic N) is 1. The summed E-state index contributed by atoms with van der Waals surface area (Å²) in [6, 6.07) is 3.28. The number of rotatable bonds is 5. The van der Waals surface area contributed by atoms with Gasteiger partial charge in [-0.15, -0.1) is 11.3 Å². The van der Waals surface area contributed by atoms with Gasteiger partial charge in [-0.1, -0.05) is 0 Å². The number of fused-ring (bicyclic) bond motifs is 1. The van der Waals surface area contributed by atoms with Crippen molar-refractivity contribution in [1.82, 2.24) is 10.3 Å². The molecule has 3 rings (SSSR count). The number of thiophene rings is 1. The minimum Gasteiger partial charge on any atom is -0.462 e. The van der Waals surface area contributed by atoms with Crippen molar-refractivity contribution in [2.24, 2.45) is 0 Å². The molecule has 0 aliphatic carbocycles. The molecule has 0 radical (unpaired) electrons. The van der Waals surface area contributed by atoms with Gasteiger partial charge in [0.05, 0.1) is 24.4 Å². The van der Waals surface area contributed by atoms with Gasteiger partial charge < -0.3 is 14.8 Å². The lowest BCUT2D eigenvalue weighted by molar-refractivity contribution is -0.0384. The van der Waals surface area contributed by atoms with Crippen LogP contribution in [0.2, 0.25) is 0 Å². The van der Waals surface area contributed by atoms with E-state index in [4.69, 9.17) is 9.47 Å². The van der Waals surface area contributed by atoms with Gasteiger partial charge in [0.2, 0.25) is 0 Å². The predicted octanol–water partition coefficient (Wildman–Crippen LogP) is 3.49. The topological polar surface area (TPSA) is 89.5 Å². The highest BCUT2D eigenvalue weighted by atomic mass is 32.1. The number of ether oxygens (including phenoxy) is 2. The van der Waals surface area contributed by atoms with E-state index < -0.39 is 5.97 Å². The van der Waals surface area contributed by atoms with Crippen LogP contribution in [0.25, 0.3) is 0 Å². The molecule has 2 aromatic rings. The lowest BCUT2D eigenvalue weighted by Crippen LogP contribution is -2.32. The lowest BCUT2D eigenvalue weighted by Gasteiger charge is -2.30. The van der Waals surface area contributed by atoms with Crippen LogP contribution in [0, 0.1) is 0 Å². The first-order valence-electron chi connectivity index (χ1n) is 8.79. The van der Waals surface area contributed by atoms with Crippen LogP contribution < -0.4 is 10.6 Å². The SMILES string of the molecule is CCOC(=O)c1c(NC(=O)NCc2ccncc2)sc2c1CC(C)(C)OC2. The van der Waals surface area contributed by atoms with Crippen molar-refractivity contribution in [3.63, 3.8) is 0 Å². The molecule has 1 aliphatic rings. The number of hydrogen-bond donors (Lipinski definition) is 2. The Morgan fingerprint density at radius 1 is 1.33 bits per heavy atom. The van der Waals surface area contributed by atoms with Crippen LogP contribution in [0.15, 0.2) is 24.5 Å². The van der Waals surface area contributed by atoms with Crippen LogP contribution >= 0.6 is 11.3 Å². The molecule has 2 aromatic heterocycles. The van der Waals surface area contributed by atoms with E-state index in [1.165, 1.54) is 11.3 Å². The van der Waals surface area contributed by atoms with Gasteiger partial charge in [-0.2, -0.15) is 0 Å². The molecule has 0 saturated heterocycles. The maximum atomic E-state index is 12.5. The molecular formula is C19H23N3O4S. The van der Waals surface area contributed by atoms with Gasteiger partial charge in [0.25, 0.3) is 0 Å². The summed E-state index contributed by atoms with van der Waals surface area (Å²) < 4.78 is 11.1. The smallest absolute Gasteiger partial charge is 0.341 e. The molecule has 27 heavy (non-hydrogen) atoms. The molecule has 3 heterocycles. The Morgan fingerprint density at radius 3 is 2.78 bits per heavy atom. The number of aromatic nitrogens is 1. The molecule has 0 fully saturated rings. The Morgan fingerprint density at radius 2 is 2.07 bits per heavy atom. The number of carbonyl (C=O) groups is 2. The Kier molecular flexibility index (Phi) is 5.76. The fourth-order valence-electron chi connectivity index (χ4n) is 2.89. The summed E-state index contributed by atoms with van der Waals surface area (Å²) in [5.74, 6) is -0.419. The zero-order valence-electron chi connectivity index (χ0n) is 15.6. The van der Waals surface area contributed by atoms with Crippen molar-refractivity contribution >= 4 is 28.3 Å². The third kappa shape index (κ3) is 4.64. The molecule has 2 N–H and O–H groups in total. The first-order valence-corrected chi connectivity index (χ1v) is 9.60. The Hall–Kier alpha value is -2.45. The van der Waals surface area contributed by atoms with Crippen LogP contribution in [-0.2, 0) is 29.0 Å². The van der Waals surface area contributed by atoms with Crippen molar-refractivity contribution in [1.29, 1.82) is 0 Å². The van der Waals surface area contributed by atoms with Crippen molar-refractivity contribution in [3.05, 3.63) is 46.1 Å². The second-order valence-electron chi connectivity index (χ2n) is 6.82. The summed E-state index contributed by atoms with van der Waals surface area (Å²) in [7, 11) is 0. The first kappa shape index (κ1) is 19.3. The van der Waals surface area contributed by atoms with Crippen molar-refractivity contribution in [3.8, 4) is 0 Å². The fraction of sp³-hybridized carbons (Fsp3) is 0.421. The first-order chi connectivity index (χ1) is 12.9. The molecule has 0 aromatic carbocycles. The molecule has 0 bridgehead atoms. The molecule has 0 spiro atoms. The van der Waals surface area contributed by atoms with E-state index in [-0.39, 0.29) is 18.2 Å². The number of urea groups is 1. The Labute approximate surface area is 162 Å². The number of esters is 1. The maximum absolute atomic E-state index is 12.5. The van der Waals surface area contributed by atoms with Gasteiger partial charge in [0.15, 0.2) is 0 Å². The normalized spacial score (nSPS) is 14.9. The Bertz CT molecular complexity index is 833. The average molecular weight is 389 g/mol. The lowest BCUT2D eigenvalue weighted by atomic mass is 9.93. The molecule has 1 aliphatic heterocycles. The van der Waals surface area contributed by atoms with Gasteiger partial charge in [0.1, 0.15) is 5.00 Å². The van der Waals surface area contributed by atoms with Crippen molar-refractivity contribution in [2.75, 3.05) is 11.9 Å². The second kappa shape index (κ2) is 8.06. The van der Waals surface area contributed by atoms with Gasteiger partial charge in [-0.3, -0.25) is 10.3 Å². The maximum Gasteiger partial charge on any atom is 0.341 e. The third-order valence-corrected chi connectivity index (χ3v) is 5.32. The largest absolute Gasteiger partial charge is 0.462 e. The summed E-state index contributed by atoms with van der Waals surface area (Å²) in [6.45, 7) is 6.79. The molecule has 144 valence electrons. The van der Waals surface area contributed by atoms with E-state index in [0.29, 0.717) is 30.1 Å². The zero-order chi connectivity index (χ0) is 19.4. The molecule has 0 saturated carbocycles. The van der Waals surface area contributed by atoms with Gasteiger partial charge >= 0.3 is 12.0 Å². The van der Waals surface area contributed by atoms with Crippen LogP contribution in [0.5, 0.6) is 0 Å². The standard InChI is InChI=1S/C19H23N3O4S/c1-4-25-17(23)15-13-9-19(2,3)26-11-14(13)27-16(15)22-18(24)21-10-12-5-7-20-8-6-12/h5-8H,4,9-11H2,1-3H3,(H2,21,22,24). The molecular weight excluding hydrogens is 366 g/mol. The number of carbonyl (C=O) groups excluding carboxylic acids is 2. The highest BCUT2D eigenvalue weighted by Crippen LogP contribution is 2.40. The zero-order valence-corrected chi connectivity index (χ0v) is 16.4. The minimum absolute atomic E-state index is 0.275. The van der Waals surface area contributed by atoms with Gasteiger partial charge in [-0.05, 0) is 44.0 Å². The molecule has 2 amide bonds. The van der Waals surface area contributed by atoms with E-state index in [9.17, 15) is 9.59 Å². The highest BCUT2D eigenvalue weighted by molar-refractivity contribution is 7.17. The van der Waals surface area contributed by atoms with Crippen LogP contribution in [0.1, 0.15) is 47.1 Å². The van der Waals surface area contributed by atoms with Crippen LogP contribution in [0.4, 0.5) is 9.80 Å². The quantitative estimate of drug-likeness (QED) is 0.764. The highest BCUT2D eigenvalue weighted by Gasteiger charge is 2.34. The monoisotopic (exact) mass is 389 g/mol. The number of anilines is 1. The predicted molar refractivity (Wildman–Crippen MR) is 103 cm³/mol. The number of amides is 2. The summed E-state index contributed by atoms with van der Waals surface area (Å²) in [6.07, 6.45) is 3.93. The number of hydrogen-bond acceptors (Lipinski definition) is 6. The van der Waals surface area contributed by atoms with Crippen LogP contribution in [-0.4, -0.2) is 29.2 Å². The van der Waals surface area contributed by atoms with Gasteiger partial charge in [-0.25, -0.2) is 9.59 Å². The number of nitrogens with one attached hydrogen (secondary N) is 2. The molecule has 0 unspecified atom stereocenters. The Balaban J connectivity index is 1.79. The molecule has 8 heteroatoms. The van der Waals surface area contributed by atoms with E-state index in [1.54, 1.807) is 19.3 Å². The fourth-order valence-corrected chi connectivity index (χ4v) is 4.00. The van der Waals surface area contributed by atoms with E-state index >= 15 is 0 Å². The van der Waals surface area contributed by atoms with Crippen LogP contribution in [0.3, 0.4) is 0 Å². The summed E-state index contributed by atoms with van der Waals surface area (Å²) in [5.41, 5.74) is 1.91. The van der Waals surface area contributed by atoms with E-state index in [0.717, 1.165) is 16.0 Å². The average Bonchev–Trinajstić information content (AvgIpc) is 2.97. The summed E-state index contributed by atoms with van der Waals surface area (Å²) in [5, 5.41) is 6.08. The third-order valence-electron chi connectivity index (χ3n) is 4.20. The second-order valence-corrected chi connectivity index (χ2v) is 7.92. The number of pyridine rings is 1. The molecule has 7 nitrogen and oxygen atoms in total. The van der Waals surface area contributed by atoms with E-state index in [1.807, 2.05) is 26.0 Å². The van der Waals surface area contributed by atoms with E-state index in [2.05, 4.69) is 15.6 Å². The molecule has 0 atom stereocenters. The summed E-state index contributed by atoms with van der Waals surface area (Å²) in [4.78, 5) is 29.8. The minimum atomic E-state index is -0.419. The van der Waals surface area contributed by atoms with Crippen molar-refractivity contribution in [2.45, 2.75) is 45.9 Å². The van der Waals surface area contributed by atoms with Crippen molar-refractivity contribution < 1.29 is 19.1 Å². The van der Waals surface area contributed by atoms with Gasteiger partial charge in [0, 0.05) is 30.2 Å².